The van der Waals surface area contributed by atoms with Gasteiger partial charge in [0.1, 0.15) is 17.1 Å². The third-order valence-electron chi connectivity index (χ3n) is 6.68. The number of nitrogens with one attached hydrogen (secondary N) is 2. The number of Topliss-reactive ketones (excluding diaryl/α,β-unsaturated/α-hetero) is 1. The predicted molar refractivity (Wildman–Crippen MR) is 146 cm³/mol. The van der Waals surface area contributed by atoms with Crippen molar-refractivity contribution < 1.29 is 19.1 Å². The maximum Gasteiger partial charge on any atom is 0.295 e. The molecule has 10 nitrogen and oxygen atoms in total. The lowest BCUT2D eigenvalue weighted by atomic mass is 9.93. The molecule has 1 saturated heterocycles. The van der Waals surface area contributed by atoms with Crippen LogP contribution in [0.5, 0.6) is 5.75 Å². The minimum Gasteiger partial charge on any atom is -0.494 e. The summed E-state index contributed by atoms with van der Waals surface area (Å²) in [6, 6.07) is 11.8. The lowest BCUT2D eigenvalue weighted by molar-refractivity contribution is -0.126. The Morgan fingerprint density at radius 2 is 1.92 bits per heavy atom. The molecule has 2 amide bonds. The molecule has 0 bridgehead atoms. The zero-order valence-corrected chi connectivity index (χ0v) is 22.1. The lowest BCUT2D eigenvalue weighted by Crippen LogP contribution is -2.40. The summed E-state index contributed by atoms with van der Waals surface area (Å²) < 4.78 is 5.47. The van der Waals surface area contributed by atoms with Crippen LogP contribution < -0.4 is 10.1 Å². The number of ketones is 1. The Morgan fingerprint density at radius 3 is 2.59 bits per heavy atom. The highest BCUT2D eigenvalue weighted by molar-refractivity contribution is 7.12. The number of amides is 2. The molecule has 11 heteroatoms. The molecule has 0 unspecified atom stereocenters. The minimum absolute atomic E-state index is 0.167. The van der Waals surface area contributed by atoms with Crippen LogP contribution in [0.4, 0.5) is 0 Å². The highest BCUT2D eigenvalue weighted by Gasteiger charge is 2.30. The van der Waals surface area contributed by atoms with Crippen molar-refractivity contribution in [2.24, 2.45) is 0 Å². The SMILES string of the molecule is CNC(=O)c1nc(-c2ncc(OC)c3c(C(=O)C(=O)N4CCC(=C(C#N)c5ccccc5)CC4)c[nH]c23)cs1. The Morgan fingerprint density at radius 1 is 1.18 bits per heavy atom. The second-order valence-electron chi connectivity index (χ2n) is 8.82. The lowest BCUT2D eigenvalue weighted by Gasteiger charge is -2.28. The molecular formula is C28H24N6O4S. The summed E-state index contributed by atoms with van der Waals surface area (Å²) in [6.07, 6.45) is 3.97. The number of carbonyl (C=O) groups is 3. The van der Waals surface area contributed by atoms with Crippen LogP contribution in [0.3, 0.4) is 0 Å². The van der Waals surface area contributed by atoms with Crippen LogP contribution in [-0.2, 0) is 4.79 Å². The van der Waals surface area contributed by atoms with Crippen molar-refractivity contribution in [3.63, 3.8) is 0 Å². The number of piperidine rings is 1. The Bertz CT molecular complexity index is 1650. The number of hydrogen-bond donors (Lipinski definition) is 2. The maximum absolute atomic E-state index is 13.4. The number of aromatic amines is 1. The molecule has 1 fully saturated rings. The number of fused-ring (bicyclic) bond motifs is 1. The number of carbonyl (C=O) groups excluding carboxylic acids is 3. The van der Waals surface area contributed by atoms with E-state index in [1.807, 2.05) is 30.3 Å². The molecule has 4 heterocycles. The van der Waals surface area contributed by atoms with E-state index in [2.05, 4.69) is 26.3 Å². The van der Waals surface area contributed by atoms with Gasteiger partial charge in [-0.1, -0.05) is 30.3 Å². The number of ether oxygens (including phenoxy) is 1. The van der Waals surface area contributed by atoms with E-state index in [0.717, 1.165) is 11.1 Å². The standard InChI is InChI=1S/C28H24N6O4S/c1-30-26(36)27-33-20(15-39-27)23-24-22(21(38-2)14-32-23)19(13-31-24)25(35)28(37)34-10-8-17(9-11-34)18(12-29)16-6-4-3-5-7-16/h3-7,13-15,31H,8-11H2,1-2H3,(H,30,36). The van der Waals surface area contributed by atoms with Crippen molar-refractivity contribution in [2.45, 2.75) is 12.8 Å². The third kappa shape index (κ3) is 4.78. The van der Waals surface area contributed by atoms with Crippen LogP contribution in [0.2, 0.25) is 0 Å². The Kier molecular flexibility index (Phi) is 7.21. The number of nitriles is 1. The van der Waals surface area contributed by atoms with Crippen LogP contribution in [0, 0.1) is 11.3 Å². The van der Waals surface area contributed by atoms with Gasteiger partial charge in [0.05, 0.1) is 41.4 Å². The van der Waals surface area contributed by atoms with Gasteiger partial charge in [0.15, 0.2) is 5.01 Å². The molecule has 0 saturated carbocycles. The van der Waals surface area contributed by atoms with E-state index in [4.69, 9.17) is 4.74 Å². The van der Waals surface area contributed by atoms with Gasteiger partial charge in [-0.05, 0) is 24.0 Å². The average Bonchev–Trinajstić information content (AvgIpc) is 3.65. The monoisotopic (exact) mass is 540 g/mol. The topological polar surface area (TPSA) is 141 Å². The number of pyridine rings is 1. The van der Waals surface area contributed by atoms with Crippen LogP contribution in [0.1, 0.15) is 38.6 Å². The number of aromatic nitrogens is 3. The number of hydrogen-bond acceptors (Lipinski definition) is 8. The molecule has 39 heavy (non-hydrogen) atoms. The Labute approximate surface area is 228 Å². The van der Waals surface area contributed by atoms with Gasteiger partial charge in [-0.3, -0.25) is 14.4 Å². The molecule has 3 aromatic heterocycles. The summed E-state index contributed by atoms with van der Waals surface area (Å²) in [5.74, 6) is -1.27. The van der Waals surface area contributed by atoms with E-state index in [0.29, 0.717) is 59.5 Å². The number of methoxy groups -OCH3 is 1. The van der Waals surface area contributed by atoms with Crippen molar-refractivity contribution in [3.05, 3.63) is 69.8 Å². The molecule has 2 N–H and O–H groups in total. The first-order chi connectivity index (χ1) is 19.0. The van der Waals surface area contributed by atoms with Crippen molar-refractivity contribution in [1.29, 1.82) is 5.26 Å². The van der Waals surface area contributed by atoms with Crippen molar-refractivity contribution >= 4 is 45.4 Å². The molecule has 0 atom stereocenters. The molecule has 4 aromatic rings. The van der Waals surface area contributed by atoms with Crippen LogP contribution in [0.25, 0.3) is 27.9 Å². The third-order valence-corrected chi connectivity index (χ3v) is 7.52. The highest BCUT2D eigenvalue weighted by Crippen LogP contribution is 2.35. The number of thiazole rings is 1. The fraction of sp³-hybridized carbons (Fsp3) is 0.214. The normalized spacial score (nSPS) is 13.2. The first-order valence-corrected chi connectivity index (χ1v) is 13.1. The zero-order valence-electron chi connectivity index (χ0n) is 21.3. The van der Waals surface area contributed by atoms with Gasteiger partial charge >= 0.3 is 0 Å². The largest absolute Gasteiger partial charge is 0.494 e. The number of rotatable bonds is 6. The van der Waals surface area contributed by atoms with Crippen molar-refractivity contribution in [2.75, 3.05) is 27.2 Å². The molecule has 0 aliphatic carbocycles. The number of allylic oxidation sites excluding steroid dienone is 1. The highest BCUT2D eigenvalue weighted by atomic mass is 32.1. The molecule has 0 radical (unpaired) electrons. The van der Waals surface area contributed by atoms with Crippen molar-refractivity contribution in [3.8, 4) is 23.2 Å². The first-order valence-electron chi connectivity index (χ1n) is 12.2. The number of nitrogens with zero attached hydrogens (tertiary/aromatic N) is 4. The van der Waals surface area contributed by atoms with E-state index in [-0.39, 0.29) is 16.5 Å². The van der Waals surface area contributed by atoms with Gasteiger partial charge < -0.3 is 19.9 Å². The summed E-state index contributed by atoms with van der Waals surface area (Å²) >= 11 is 1.17. The fourth-order valence-electron chi connectivity index (χ4n) is 4.68. The van der Waals surface area contributed by atoms with Gasteiger partial charge in [0.25, 0.3) is 17.6 Å². The summed E-state index contributed by atoms with van der Waals surface area (Å²) in [4.78, 5) is 52.1. The molecule has 1 aromatic carbocycles. The summed E-state index contributed by atoms with van der Waals surface area (Å²) in [7, 11) is 2.99. The van der Waals surface area contributed by atoms with E-state index < -0.39 is 11.7 Å². The molecule has 1 aliphatic rings. The van der Waals surface area contributed by atoms with Gasteiger partial charge in [-0.15, -0.1) is 11.3 Å². The summed E-state index contributed by atoms with van der Waals surface area (Å²) in [5, 5.41) is 14.7. The number of H-pyrrole nitrogens is 1. The summed E-state index contributed by atoms with van der Waals surface area (Å²) in [6.45, 7) is 0.677. The smallest absolute Gasteiger partial charge is 0.295 e. The zero-order chi connectivity index (χ0) is 27.5. The molecule has 1 aliphatic heterocycles. The second kappa shape index (κ2) is 10.9. The molecule has 196 valence electrons. The second-order valence-corrected chi connectivity index (χ2v) is 9.68. The molecule has 0 spiro atoms. The van der Waals surface area contributed by atoms with E-state index in [9.17, 15) is 19.6 Å². The predicted octanol–water partition coefficient (Wildman–Crippen LogP) is 3.84. The van der Waals surface area contributed by atoms with E-state index >= 15 is 0 Å². The van der Waals surface area contributed by atoms with Gasteiger partial charge in [0, 0.05) is 31.7 Å². The summed E-state index contributed by atoms with van der Waals surface area (Å²) in [5.41, 5.74) is 3.98. The fourth-order valence-corrected chi connectivity index (χ4v) is 5.43. The quantitative estimate of drug-likeness (QED) is 0.215. The van der Waals surface area contributed by atoms with E-state index in [1.165, 1.54) is 42.8 Å². The van der Waals surface area contributed by atoms with Gasteiger partial charge in [-0.25, -0.2) is 9.97 Å². The number of benzene rings is 1. The van der Waals surface area contributed by atoms with Crippen molar-refractivity contribution in [1.82, 2.24) is 25.2 Å². The Balaban J connectivity index is 1.41. The Hall–Kier alpha value is -4.82. The van der Waals surface area contributed by atoms with E-state index in [1.54, 1.807) is 5.38 Å². The van der Waals surface area contributed by atoms with Crippen LogP contribution in [0.15, 0.2) is 53.7 Å². The number of likely N-dealkylation sites (tertiary alicyclic amines) is 1. The maximum atomic E-state index is 13.4. The minimum atomic E-state index is -0.669. The molecule has 5 rings (SSSR count). The first kappa shape index (κ1) is 25.8. The van der Waals surface area contributed by atoms with Gasteiger partial charge in [-0.2, -0.15) is 5.26 Å². The van der Waals surface area contributed by atoms with Crippen LogP contribution in [-0.4, -0.2) is 64.7 Å². The average molecular weight is 541 g/mol. The van der Waals surface area contributed by atoms with Crippen LogP contribution >= 0.6 is 11.3 Å². The van der Waals surface area contributed by atoms with Gasteiger partial charge in [0.2, 0.25) is 0 Å². The molecular weight excluding hydrogens is 516 g/mol.